The highest BCUT2D eigenvalue weighted by Crippen LogP contribution is 2.23. The Hall–Kier alpha value is -2.17. The number of hydrogen-bond donors (Lipinski definition) is 1. The molecule has 0 aromatic heterocycles. The Bertz CT molecular complexity index is 561. The van der Waals surface area contributed by atoms with Crippen LogP contribution < -0.4 is 4.90 Å². The van der Waals surface area contributed by atoms with Crippen molar-refractivity contribution < 1.29 is 18.3 Å². The highest BCUT2D eigenvalue weighted by atomic mass is 19.1. The predicted molar refractivity (Wildman–Crippen MR) is 66.5 cm³/mol. The van der Waals surface area contributed by atoms with Crippen LogP contribution in [0.2, 0.25) is 0 Å². The number of benzene rings is 2. The molecule has 0 spiro atoms. The van der Waals surface area contributed by atoms with Gasteiger partial charge in [0.2, 0.25) is 0 Å². The van der Waals surface area contributed by atoms with Gasteiger partial charge in [0.15, 0.2) is 17.4 Å². The Morgan fingerprint density at radius 1 is 1.00 bits per heavy atom. The van der Waals surface area contributed by atoms with Gasteiger partial charge in [-0.15, -0.1) is 0 Å². The SMILES string of the molecule is CN(Cc1cc(F)c(O)c(F)c1)c1ccc(F)cc1. The second kappa shape index (κ2) is 5.22. The maximum Gasteiger partial charge on any atom is 0.187 e. The van der Waals surface area contributed by atoms with Crippen LogP contribution in [0.5, 0.6) is 5.75 Å². The molecule has 2 aromatic carbocycles. The maximum atomic E-state index is 13.2. The van der Waals surface area contributed by atoms with Crippen LogP contribution in [0.4, 0.5) is 18.9 Å². The summed E-state index contributed by atoms with van der Waals surface area (Å²) in [5.41, 5.74) is 1.09. The van der Waals surface area contributed by atoms with Gasteiger partial charge in [0, 0.05) is 19.3 Å². The number of aromatic hydroxyl groups is 1. The monoisotopic (exact) mass is 267 g/mol. The molecule has 2 aromatic rings. The minimum Gasteiger partial charge on any atom is -0.503 e. The van der Waals surface area contributed by atoms with E-state index in [9.17, 15) is 13.2 Å². The number of rotatable bonds is 3. The summed E-state index contributed by atoms with van der Waals surface area (Å²) in [6.07, 6.45) is 0. The lowest BCUT2D eigenvalue weighted by Gasteiger charge is -2.19. The topological polar surface area (TPSA) is 23.5 Å². The molecule has 2 nitrogen and oxygen atoms in total. The first-order valence-electron chi connectivity index (χ1n) is 5.61. The highest BCUT2D eigenvalue weighted by Gasteiger charge is 2.11. The molecule has 0 atom stereocenters. The molecule has 100 valence electrons. The Morgan fingerprint density at radius 3 is 2.05 bits per heavy atom. The summed E-state index contributed by atoms with van der Waals surface area (Å²) >= 11 is 0. The second-order valence-corrected chi connectivity index (χ2v) is 4.24. The van der Waals surface area contributed by atoms with Crippen molar-refractivity contribution >= 4 is 5.69 Å². The van der Waals surface area contributed by atoms with Crippen molar-refractivity contribution in [3.05, 3.63) is 59.4 Å². The number of phenolic OH excluding ortho intramolecular Hbond substituents is 1. The number of nitrogens with zero attached hydrogens (tertiary/aromatic N) is 1. The molecule has 0 bridgehead atoms. The van der Waals surface area contributed by atoms with Gasteiger partial charge in [-0.25, -0.2) is 13.2 Å². The molecule has 0 saturated carbocycles. The molecule has 0 radical (unpaired) electrons. The lowest BCUT2D eigenvalue weighted by molar-refractivity contribution is 0.395. The van der Waals surface area contributed by atoms with Crippen LogP contribution in [0, 0.1) is 17.5 Å². The van der Waals surface area contributed by atoms with Gasteiger partial charge < -0.3 is 10.0 Å². The lowest BCUT2D eigenvalue weighted by atomic mass is 10.1. The molecule has 0 fully saturated rings. The Labute approximate surface area is 108 Å². The van der Waals surface area contributed by atoms with E-state index >= 15 is 0 Å². The molecule has 0 heterocycles. The quantitative estimate of drug-likeness (QED) is 0.920. The summed E-state index contributed by atoms with van der Waals surface area (Å²) in [4.78, 5) is 1.71. The van der Waals surface area contributed by atoms with Gasteiger partial charge in [0.1, 0.15) is 5.82 Å². The first-order chi connectivity index (χ1) is 8.97. The predicted octanol–water partition coefficient (Wildman–Crippen LogP) is 3.45. The molecule has 2 rings (SSSR count). The van der Waals surface area contributed by atoms with Crippen molar-refractivity contribution in [1.29, 1.82) is 0 Å². The highest BCUT2D eigenvalue weighted by molar-refractivity contribution is 5.46. The van der Waals surface area contributed by atoms with Crippen LogP contribution in [0.25, 0.3) is 0 Å². The minimum atomic E-state index is -0.998. The third-order valence-electron chi connectivity index (χ3n) is 2.76. The fraction of sp³-hybridized carbons (Fsp3) is 0.143. The van der Waals surface area contributed by atoms with E-state index in [1.54, 1.807) is 24.1 Å². The molecule has 5 heteroatoms. The summed E-state index contributed by atoms with van der Waals surface area (Å²) in [5.74, 6) is -3.32. The summed E-state index contributed by atoms with van der Waals surface area (Å²) in [6, 6.07) is 7.90. The number of halogens is 3. The average Bonchev–Trinajstić information content (AvgIpc) is 2.36. The third kappa shape index (κ3) is 2.99. The van der Waals surface area contributed by atoms with E-state index in [2.05, 4.69) is 0 Å². The minimum absolute atomic E-state index is 0.236. The summed E-state index contributed by atoms with van der Waals surface area (Å²) in [6.45, 7) is 0.236. The Balaban J connectivity index is 2.19. The normalized spacial score (nSPS) is 10.5. The van der Waals surface area contributed by atoms with Crippen LogP contribution in [0.1, 0.15) is 5.56 Å². The number of anilines is 1. The Morgan fingerprint density at radius 2 is 1.53 bits per heavy atom. The van der Waals surface area contributed by atoms with Crippen LogP contribution in [-0.4, -0.2) is 12.2 Å². The van der Waals surface area contributed by atoms with Gasteiger partial charge >= 0.3 is 0 Å². The second-order valence-electron chi connectivity index (χ2n) is 4.24. The van der Waals surface area contributed by atoms with Crippen molar-refractivity contribution in [2.75, 3.05) is 11.9 Å². The summed E-state index contributed by atoms with van der Waals surface area (Å²) in [7, 11) is 1.72. The van der Waals surface area contributed by atoms with Crippen molar-refractivity contribution in [2.24, 2.45) is 0 Å². The molecule has 0 aliphatic rings. The van der Waals surface area contributed by atoms with Crippen LogP contribution >= 0.6 is 0 Å². The van der Waals surface area contributed by atoms with Gasteiger partial charge in [-0.1, -0.05) is 0 Å². The van der Waals surface area contributed by atoms with E-state index in [4.69, 9.17) is 5.11 Å². The van der Waals surface area contributed by atoms with Crippen molar-refractivity contribution in [1.82, 2.24) is 0 Å². The average molecular weight is 267 g/mol. The fourth-order valence-electron chi connectivity index (χ4n) is 1.77. The molecule has 0 unspecified atom stereocenters. The van der Waals surface area contributed by atoms with E-state index in [1.807, 2.05) is 0 Å². The molecule has 0 aliphatic carbocycles. The largest absolute Gasteiger partial charge is 0.503 e. The number of phenols is 1. The summed E-state index contributed by atoms with van der Waals surface area (Å²) < 4.78 is 39.2. The van der Waals surface area contributed by atoms with E-state index in [0.29, 0.717) is 5.56 Å². The van der Waals surface area contributed by atoms with E-state index in [0.717, 1.165) is 17.8 Å². The van der Waals surface area contributed by atoms with E-state index in [-0.39, 0.29) is 12.4 Å². The van der Waals surface area contributed by atoms with Gasteiger partial charge in [-0.3, -0.25) is 0 Å². The first-order valence-corrected chi connectivity index (χ1v) is 5.61. The Kier molecular flexibility index (Phi) is 3.64. The van der Waals surface area contributed by atoms with Crippen molar-refractivity contribution in [3.63, 3.8) is 0 Å². The van der Waals surface area contributed by atoms with Crippen molar-refractivity contribution in [2.45, 2.75) is 6.54 Å². The van der Waals surface area contributed by atoms with Gasteiger partial charge in [0.25, 0.3) is 0 Å². The fourth-order valence-corrected chi connectivity index (χ4v) is 1.77. The number of hydrogen-bond acceptors (Lipinski definition) is 2. The standard InChI is InChI=1S/C14H12F3NO/c1-18(11-4-2-10(15)3-5-11)8-9-6-12(16)14(19)13(17)7-9/h2-7,19H,8H2,1H3. The maximum absolute atomic E-state index is 13.2. The summed E-state index contributed by atoms with van der Waals surface area (Å²) in [5, 5.41) is 9.01. The van der Waals surface area contributed by atoms with Gasteiger partial charge in [-0.05, 0) is 42.0 Å². The molecule has 19 heavy (non-hydrogen) atoms. The van der Waals surface area contributed by atoms with Crippen LogP contribution in [-0.2, 0) is 6.54 Å². The zero-order valence-corrected chi connectivity index (χ0v) is 10.2. The third-order valence-corrected chi connectivity index (χ3v) is 2.76. The van der Waals surface area contributed by atoms with E-state index < -0.39 is 17.4 Å². The zero-order chi connectivity index (χ0) is 14.0. The van der Waals surface area contributed by atoms with Crippen LogP contribution in [0.3, 0.4) is 0 Å². The van der Waals surface area contributed by atoms with Crippen LogP contribution in [0.15, 0.2) is 36.4 Å². The molecular weight excluding hydrogens is 255 g/mol. The smallest absolute Gasteiger partial charge is 0.187 e. The zero-order valence-electron chi connectivity index (χ0n) is 10.2. The van der Waals surface area contributed by atoms with E-state index in [1.165, 1.54) is 12.1 Å². The molecular formula is C14H12F3NO. The lowest BCUT2D eigenvalue weighted by Crippen LogP contribution is -2.16. The first kappa shape index (κ1) is 13.3. The van der Waals surface area contributed by atoms with Crippen molar-refractivity contribution in [3.8, 4) is 5.75 Å². The molecule has 0 saturated heterocycles. The van der Waals surface area contributed by atoms with Gasteiger partial charge in [-0.2, -0.15) is 0 Å². The molecule has 1 N–H and O–H groups in total. The molecule has 0 amide bonds. The van der Waals surface area contributed by atoms with Gasteiger partial charge in [0.05, 0.1) is 0 Å². The molecule has 0 aliphatic heterocycles.